The number of hydrogen-bond donors (Lipinski definition) is 4. The van der Waals surface area contributed by atoms with E-state index in [4.69, 9.17) is 18.0 Å². The topological polar surface area (TPSA) is 129 Å². The lowest BCUT2D eigenvalue weighted by molar-refractivity contribution is 1.08. The lowest BCUT2D eigenvalue weighted by atomic mass is 10.6. The number of nitrogens with one attached hydrogen (secondary N) is 3. The van der Waals surface area contributed by atoms with Gasteiger partial charge in [-0.15, -0.1) is 0 Å². The molecule has 0 aliphatic heterocycles. The standard InChI is InChI=1S/C5H5N5S.C4H4N2O/c6-5-9-3-2(4(11)10-5)7-1-8-3;7-4-5-2-1-3-6-4/h1H,(H4,6,7,8,9,10,11);1-3H,(H,5,6,7). The fourth-order valence-corrected chi connectivity index (χ4v) is 1.43. The predicted octanol–water partition coefficient (Wildman–Crippen LogP) is 0.368. The first kappa shape index (κ1) is 11.9. The van der Waals surface area contributed by atoms with Gasteiger partial charge < -0.3 is 20.7 Å². The summed E-state index contributed by atoms with van der Waals surface area (Å²) in [6.07, 6.45) is 4.51. The number of rotatable bonds is 0. The van der Waals surface area contributed by atoms with Crippen LogP contribution in [0.15, 0.2) is 29.6 Å². The maximum Gasteiger partial charge on any atom is 0.344 e. The maximum absolute atomic E-state index is 10.1. The molecule has 0 fully saturated rings. The summed E-state index contributed by atoms with van der Waals surface area (Å²) in [5.74, 6) is 0.287. The van der Waals surface area contributed by atoms with Crippen molar-refractivity contribution in [2.45, 2.75) is 0 Å². The van der Waals surface area contributed by atoms with Gasteiger partial charge in [-0.2, -0.15) is 4.98 Å². The Hall–Kier alpha value is -2.55. The van der Waals surface area contributed by atoms with Gasteiger partial charge in [0.2, 0.25) is 5.95 Å². The van der Waals surface area contributed by atoms with Gasteiger partial charge in [0.1, 0.15) is 10.2 Å². The van der Waals surface area contributed by atoms with Gasteiger partial charge in [0.25, 0.3) is 0 Å². The molecule has 18 heavy (non-hydrogen) atoms. The molecule has 0 radical (unpaired) electrons. The van der Waals surface area contributed by atoms with Crippen molar-refractivity contribution in [2.24, 2.45) is 0 Å². The van der Waals surface area contributed by atoms with Gasteiger partial charge in [0.05, 0.1) is 6.33 Å². The number of aromatic amines is 3. The first-order valence-electron chi connectivity index (χ1n) is 4.85. The largest absolute Gasteiger partial charge is 0.369 e. The van der Waals surface area contributed by atoms with Crippen molar-refractivity contribution in [1.29, 1.82) is 0 Å². The third-order valence-corrected chi connectivity index (χ3v) is 2.20. The monoisotopic (exact) mass is 263 g/mol. The zero-order valence-electron chi connectivity index (χ0n) is 9.04. The highest BCUT2D eigenvalue weighted by atomic mass is 32.1. The normalized spacial score (nSPS) is 9.78. The molecule has 0 unspecified atom stereocenters. The SMILES string of the molecule is Nc1nc2nc[nH]c2c(=S)[nH]1.O=c1nccc[nH]1. The van der Waals surface area contributed by atoms with Crippen molar-refractivity contribution in [1.82, 2.24) is 29.9 Å². The van der Waals surface area contributed by atoms with Crippen LogP contribution in [0.4, 0.5) is 5.95 Å². The van der Waals surface area contributed by atoms with E-state index in [1.807, 2.05) is 0 Å². The lowest BCUT2D eigenvalue weighted by Gasteiger charge is -1.91. The number of fused-ring (bicyclic) bond motifs is 1. The highest BCUT2D eigenvalue weighted by Crippen LogP contribution is 2.06. The number of hydrogen-bond acceptors (Lipinski definition) is 6. The average molecular weight is 263 g/mol. The van der Waals surface area contributed by atoms with Crippen molar-refractivity contribution in [3.63, 3.8) is 0 Å². The van der Waals surface area contributed by atoms with Crippen molar-refractivity contribution in [3.8, 4) is 0 Å². The van der Waals surface area contributed by atoms with E-state index in [9.17, 15) is 4.79 Å². The average Bonchev–Trinajstić information content (AvgIpc) is 2.79. The zero-order valence-corrected chi connectivity index (χ0v) is 9.86. The maximum atomic E-state index is 10.1. The minimum Gasteiger partial charge on any atom is -0.369 e. The summed E-state index contributed by atoms with van der Waals surface area (Å²) >= 11 is 4.95. The summed E-state index contributed by atoms with van der Waals surface area (Å²) in [5, 5.41) is 0. The third kappa shape index (κ3) is 2.77. The van der Waals surface area contributed by atoms with Crippen LogP contribution < -0.4 is 11.4 Å². The molecule has 0 atom stereocenters. The number of nitrogens with two attached hydrogens (primary N) is 1. The van der Waals surface area contributed by atoms with E-state index in [1.165, 1.54) is 18.7 Å². The number of H-pyrrole nitrogens is 3. The van der Waals surface area contributed by atoms with Gasteiger partial charge in [-0.1, -0.05) is 12.2 Å². The molecule has 9 heteroatoms. The first-order chi connectivity index (χ1) is 8.66. The number of imidazole rings is 1. The van der Waals surface area contributed by atoms with Crippen LogP contribution in [-0.4, -0.2) is 29.9 Å². The van der Waals surface area contributed by atoms with Crippen molar-refractivity contribution < 1.29 is 0 Å². The summed E-state index contributed by atoms with van der Waals surface area (Å²) in [7, 11) is 0. The minimum absolute atomic E-state index is 0.287. The Labute approximate surface area is 105 Å². The van der Waals surface area contributed by atoms with E-state index in [-0.39, 0.29) is 11.6 Å². The second-order valence-electron chi connectivity index (χ2n) is 3.14. The molecule has 92 valence electrons. The van der Waals surface area contributed by atoms with Crippen LogP contribution in [-0.2, 0) is 0 Å². The molecule has 0 saturated heterocycles. The molecule has 0 amide bonds. The van der Waals surface area contributed by atoms with Crippen LogP contribution in [0.1, 0.15) is 0 Å². The van der Waals surface area contributed by atoms with E-state index < -0.39 is 0 Å². The van der Waals surface area contributed by atoms with Crippen LogP contribution in [0.2, 0.25) is 0 Å². The van der Waals surface area contributed by atoms with E-state index in [2.05, 4.69) is 29.9 Å². The fraction of sp³-hybridized carbons (Fsp3) is 0. The Kier molecular flexibility index (Phi) is 3.44. The van der Waals surface area contributed by atoms with E-state index >= 15 is 0 Å². The number of anilines is 1. The van der Waals surface area contributed by atoms with Crippen LogP contribution in [0, 0.1) is 4.64 Å². The highest BCUT2D eigenvalue weighted by Gasteiger charge is 1.99. The molecule has 0 spiro atoms. The second-order valence-corrected chi connectivity index (χ2v) is 3.55. The molecule has 8 nitrogen and oxygen atoms in total. The van der Waals surface area contributed by atoms with Crippen LogP contribution in [0.25, 0.3) is 11.2 Å². The first-order valence-corrected chi connectivity index (χ1v) is 5.26. The van der Waals surface area contributed by atoms with Gasteiger partial charge in [0.15, 0.2) is 5.65 Å². The van der Waals surface area contributed by atoms with Gasteiger partial charge in [-0.3, -0.25) is 0 Å². The summed E-state index contributed by atoms with van der Waals surface area (Å²) in [6, 6.07) is 1.65. The van der Waals surface area contributed by atoms with Crippen molar-refractivity contribution in [3.05, 3.63) is 39.9 Å². The summed E-state index contributed by atoms with van der Waals surface area (Å²) in [6.45, 7) is 0. The summed E-state index contributed by atoms with van der Waals surface area (Å²) in [5.41, 5.74) is 6.36. The summed E-state index contributed by atoms with van der Waals surface area (Å²) < 4.78 is 0.532. The fourth-order valence-electron chi connectivity index (χ4n) is 1.17. The van der Waals surface area contributed by atoms with Crippen LogP contribution in [0.3, 0.4) is 0 Å². The minimum atomic E-state index is -0.303. The van der Waals surface area contributed by atoms with Crippen LogP contribution in [0.5, 0.6) is 0 Å². The molecule has 0 saturated carbocycles. The molecule has 0 aromatic carbocycles. The molecule has 3 heterocycles. The Morgan fingerprint density at radius 3 is 2.72 bits per heavy atom. The Morgan fingerprint density at radius 2 is 2.11 bits per heavy atom. The quantitative estimate of drug-likeness (QED) is 0.433. The van der Waals surface area contributed by atoms with E-state index in [0.717, 1.165) is 0 Å². The highest BCUT2D eigenvalue weighted by molar-refractivity contribution is 7.71. The van der Waals surface area contributed by atoms with E-state index in [1.54, 1.807) is 6.07 Å². The summed E-state index contributed by atoms with van der Waals surface area (Å²) in [4.78, 5) is 29.2. The van der Waals surface area contributed by atoms with Crippen molar-refractivity contribution >= 4 is 29.3 Å². The van der Waals surface area contributed by atoms with Crippen LogP contribution >= 0.6 is 12.2 Å². The molecule has 0 aliphatic carbocycles. The number of nitrogen functional groups attached to an aromatic ring is 1. The number of nitrogens with zero attached hydrogens (tertiary/aromatic N) is 3. The van der Waals surface area contributed by atoms with Crippen molar-refractivity contribution in [2.75, 3.05) is 5.73 Å². The molecule has 0 aliphatic rings. The molecule has 3 rings (SSSR count). The lowest BCUT2D eigenvalue weighted by Crippen LogP contribution is -2.05. The Bertz CT molecular complexity index is 741. The zero-order chi connectivity index (χ0) is 13.0. The van der Waals surface area contributed by atoms with E-state index in [0.29, 0.717) is 15.8 Å². The molecular weight excluding hydrogens is 254 g/mol. The molecule has 0 bridgehead atoms. The Morgan fingerprint density at radius 1 is 1.28 bits per heavy atom. The molecule has 5 N–H and O–H groups in total. The smallest absolute Gasteiger partial charge is 0.344 e. The van der Waals surface area contributed by atoms with Gasteiger partial charge in [-0.25, -0.2) is 14.8 Å². The molecular formula is C9H9N7OS. The predicted molar refractivity (Wildman–Crippen MR) is 68.3 cm³/mol. The Balaban J connectivity index is 0.000000149. The third-order valence-electron chi connectivity index (χ3n) is 1.90. The second kappa shape index (κ2) is 5.19. The number of aromatic nitrogens is 6. The van der Waals surface area contributed by atoms with Gasteiger partial charge in [0, 0.05) is 12.4 Å². The molecule has 3 aromatic heterocycles. The molecule has 3 aromatic rings. The van der Waals surface area contributed by atoms with Gasteiger partial charge in [-0.05, 0) is 6.07 Å². The van der Waals surface area contributed by atoms with Gasteiger partial charge >= 0.3 is 5.69 Å².